The van der Waals surface area contributed by atoms with Crippen molar-refractivity contribution in [3.05, 3.63) is 78.3 Å². The Morgan fingerprint density at radius 2 is 1.75 bits per heavy atom. The van der Waals surface area contributed by atoms with E-state index in [2.05, 4.69) is 10.1 Å². The van der Waals surface area contributed by atoms with Gasteiger partial charge in [-0.2, -0.15) is 4.52 Å². The van der Waals surface area contributed by atoms with E-state index >= 15 is 0 Å². The van der Waals surface area contributed by atoms with E-state index in [0.29, 0.717) is 44.6 Å². The number of aromatic nitrogens is 3. The number of benzene rings is 2. The molecule has 0 radical (unpaired) electrons. The summed E-state index contributed by atoms with van der Waals surface area (Å²) < 4.78 is 17.8. The van der Waals surface area contributed by atoms with Gasteiger partial charge in [-0.25, -0.2) is 4.98 Å². The molecule has 4 rings (SSSR count). The second-order valence-electron chi connectivity index (χ2n) is 6.70. The Kier molecular flexibility index (Phi) is 5.73. The molecule has 0 amide bonds. The topological polar surface area (TPSA) is 118 Å². The molecule has 2 aromatic heterocycles. The molecule has 10 nitrogen and oxygen atoms in total. The highest BCUT2D eigenvalue weighted by Crippen LogP contribution is 2.38. The zero-order valence-corrected chi connectivity index (χ0v) is 18.2. The first-order chi connectivity index (χ1) is 15.4. The fraction of sp³-hybridized carbons (Fsp3) is 0.190. The molecule has 0 aliphatic rings. The molecular weight excluding hydrogens is 436 g/mol. The first-order valence-electron chi connectivity index (χ1n) is 9.37. The summed E-state index contributed by atoms with van der Waals surface area (Å²) >= 11 is 1.20. The molecule has 32 heavy (non-hydrogen) atoms. The molecule has 164 valence electrons. The van der Waals surface area contributed by atoms with Crippen molar-refractivity contribution in [2.45, 2.75) is 6.42 Å². The quantitative estimate of drug-likeness (QED) is 0.308. The second kappa shape index (κ2) is 8.63. The van der Waals surface area contributed by atoms with Crippen LogP contribution in [0.3, 0.4) is 0 Å². The van der Waals surface area contributed by atoms with Crippen molar-refractivity contribution in [2.24, 2.45) is 0 Å². The third kappa shape index (κ3) is 3.97. The van der Waals surface area contributed by atoms with E-state index in [0.717, 1.165) is 5.56 Å². The van der Waals surface area contributed by atoms with Crippen LogP contribution < -0.4 is 24.3 Å². The highest BCUT2D eigenvalue weighted by atomic mass is 32.1. The minimum atomic E-state index is -0.471. The predicted octanol–water partition coefficient (Wildman–Crippen LogP) is 2.22. The fourth-order valence-corrected chi connectivity index (χ4v) is 4.14. The molecule has 0 atom stereocenters. The summed E-state index contributed by atoms with van der Waals surface area (Å²) in [6.07, 6.45) is 2.03. The summed E-state index contributed by atoms with van der Waals surface area (Å²) in [5.41, 5.74) is 1.20. The third-order valence-electron chi connectivity index (χ3n) is 4.71. The number of methoxy groups -OCH3 is 3. The van der Waals surface area contributed by atoms with Gasteiger partial charge in [-0.1, -0.05) is 11.3 Å². The summed E-state index contributed by atoms with van der Waals surface area (Å²) in [5.74, 6) is 2.01. The van der Waals surface area contributed by atoms with Gasteiger partial charge in [0.2, 0.25) is 10.7 Å². The monoisotopic (exact) mass is 454 g/mol. The van der Waals surface area contributed by atoms with Crippen LogP contribution in [0.1, 0.15) is 17.0 Å². The largest absolute Gasteiger partial charge is 0.493 e. The van der Waals surface area contributed by atoms with Crippen molar-refractivity contribution in [1.82, 2.24) is 14.6 Å². The first-order valence-corrected chi connectivity index (χ1v) is 10.2. The molecule has 0 unspecified atom stereocenters. The lowest BCUT2D eigenvalue weighted by atomic mass is 10.1. The highest BCUT2D eigenvalue weighted by molar-refractivity contribution is 7.15. The Hall–Kier alpha value is -3.99. The summed E-state index contributed by atoms with van der Waals surface area (Å²) in [6.45, 7) is 0. The molecule has 11 heteroatoms. The lowest BCUT2D eigenvalue weighted by Crippen LogP contribution is -2.23. The molecule has 2 aromatic carbocycles. The van der Waals surface area contributed by atoms with Crippen LogP contribution in [0.2, 0.25) is 0 Å². The van der Waals surface area contributed by atoms with Crippen LogP contribution in [0.15, 0.2) is 41.2 Å². The molecule has 0 aliphatic carbocycles. The van der Waals surface area contributed by atoms with Gasteiger partial charge < -0.3 is 14.2 Å². The van der Waals surface area contributed by atoms with Crippen molar-refractivity contribution in [3.8, 4) is 17.2 Å². The van der Waals surface area contributed by atoms with Crippen LogP contribution in [0.5, 0.6) is 17.2 Å². The number of thiazole rings is 1. The summed E-state index contributed by atoms with van der Waals surface area (Å²) in [4.78, 5) is 28.0. The maximum atomic E-state index is 12.7. The Labute approximate surface area is 185 Å². The number of nitro groups is 1. The molecule has 0 spiro atoms. The maximum absolute atomic E-state index is 12.7. The molecular formula is C21H18N4O6S. The van der Waals surface area contributed by atoms with Crippen LogP contribution in [0.25, 0.3) is 11.0 Å². The maximum Gasteiger partial charge on any atom is 0.291 e. The first kappa shape index (κ1) is 21.2. The van der Waals surface area contributed by atoms with Crippen LogP contribution in [-0.2, 0) is 6.42 Å². The van der Waals surface area contributed by atoms with E-state index < -0.39 is 4.92 Å². The number of nitro benzene ring substituents is 1. The van der Waals surface area contributed by atoms with E-state index in [-0.39, 0.29) is 11.2 Å². The van der Waals surface area contributed by atoms with Gasteiger partial charge in [-0.3, -0.25) is 14.9 Å². The smallest absolute Gasteiger partial charge is 0.291 e. The van der Waals surface area contributed by atoms with Gasteiger partial charge >= 0.3 is 0 Å². The van der Waals surface area contributed by atoms with Crippen LogP contribution in [0, 0.1) is 10.1 Å². The molecule has 0 fully saturated rings. The summed E-state index contributed by atoms with van der Waals surface area (Å²) in [5, 5.41) is 15.1. The normalized spacial score (nSPS) is 11.7. The van der Waals surface area contributed by atoms with Gasteiger partial charge in [-0.05, 0) is 41.5 Å². The van der Waals surface area contributed by atoms with Crippen molar-refractivity contribution < 1.29 is 19.1 Å². The van der Waals surface area contributed by atoms with Gasteiger partial charge in [0.15, 0.2) is 17.3 Å². The molecule has 0 N–H and O–H groups in total. The zero-order valence-electron chi connectivity index (χ0n) is 17.4. The van der Waals surface area contributed by atoms with Crippen LogP contribution in [-0.4, -0.2) is 40.9 Å². The van der Waals surface area contributed by atoms with E-state index in [1.165, 1.54) is 35.1 Å². The number of ether oxygens (including phenoxy) is 3. The minimum absolute atomic E-state index is 0.0106. The number of nitrogens with zero attached hydrogens (tertiary/aromatic N) is 4. The average Bonchev–Trinajstić information content (AvgIpc) is 3.31. The number of hydrogen-bond donors (Lipinski definition) is 0. The van der Waals surface area contributed by atoms with Crippen molar-refractivity contribution >= 4 is 28.1 Å². The Morgan fingerprint density at radius 3 is 2.28 bits per heavy atom. The average molecular weight is 454 g/mol. The van der Waals surface area contributed by atoms with Crippen LogP contribution in [0.4, 0.5) is 5.69 Å². The van der Waals surface area contributed by atoms with Gasteiger partial charge in [0.25, 0.3) is 11.2 Å². The number of non-ortho nitro benzene ring substituents is 1. The zero-order chi connectivity index (χ0) is 22.8. The molecule has 0 saturated heterocycles. The predicted molar refractivity (Wildman–Crippen MR) is 118 cm³/mol. The SMILES string of the molecule is COc1cc(Cc2nc3s/c(=C\c4ccc([N+](=O)[O-])cc4)c(=O)n3n2)cc(OC)c1OC. The number of fused-ring (bicyclic) bond motifs is 1. The Bertz CT molecular complexity index is 1390. The molecule has 0 saturated carbocycles. The molecule has 0 aliphatic heterocycles. The van der Waals surface area contributed by atoms with Crippen LogP contribution >= 0.6 is 11.3 Å². The fourth-order valence-electron chi connectivity index (χ4n) is 3.21. The molecule has 0 bridgehead atoms. The third-order valence-corrected chi connectivity index (χ3v) is 5.67. The highest BCUT2D eigenvalue weighted by Gasteiger charge is 2.16. The lowest BCUT2D eigenvalue weighted by Gasteiger charge is -2.13. The van der Waals surface area contributed by atoms with Gasteiger partial charge in [0, 0.05) is 18.6 Å². The molecule has 4 aromatic rings. The summed E-state index contributed by atoms with van der Waals surface area (Å²) in [6, 6.07) is 9.57. The van der Waals surface area contributed by atoms with E-state index in [1.807, 2.05) is 12.1 Å². The Morgan fingerprint density at radius 1 is 1.09 bits per heavy atom. The molecule has 2 heterocycles. The minimum Gasteiger partial charge on any atom is -0.493 e. The number of hydrogen-bond acceptors (Lipinski definition) is 9. The van der Waals surface area contributed by atoms with Crippen molar-refractivity contribution in [3.63, 3.8) is 0 Å². The van der Waals surface area contributed by atoms with E-state index in [4.69, 9.17) is 14.2 Å². The standard InChI is InChI=1S/C21H18N4O6S/c1-29-15-8-13(9-16(30-2)19(15)31-3)11-18-22-21-24(23-18)20(26)17(32-21)10-12-4-6-14(7-5-12)25(27)28/h4-10H,11H2,1-3H3/b17-10-. The van der Waals surface area contributed by atoms with Gasteiger partial charge in [0.1, 0.15) is 0 Å². The van der Waals surface area contributed by atoms with Crippen molar-refractivity contribution in [2.75, 3.05) is 21.3 Å². The van der Waals surface area contributed by atoms with Crippen molar-refractivity contribution in [1.29, 1.82) is 0 Å². The van der Waals surface area contributed by atoms with Gasteiger partial charge in [0.05, 0.1) is 30.8 Å². The van der Waals surface area contributed by atoms with E-state index in [9.17, 15) is 14.9 Å². The number of rotatable bonds is 7. The lowest BCUT2D eigenvalue weighted by molar-refractivity contribution is -0.384. The van der Waals surface area contributed by atoms with E-state index in [1.54, 1.807) is 32.4 Å². The van der Waals surface area contributed by atoms with Gasteiger partial charge in [-0.15, -0.1) is 5.10 Å². The second-order valence-corrected chi connectivity index (χ2v) is 7.71. The Balaban J connectivity index is 1.65. The summed E-state index contributed by atoms with van der Waals surface area (Å²) in [7, 11) is 4.61.